The molecule has 0 spiro atoms. The maximum atomic E-state index is 13.9. The number of nitrogens with zero attached hydrogens (tertiary/aromatic N) is 2. The molecule has 1 saturated carbocycles. The summed E-state index contributed by atoms with van der Waals surface area (Å²) in [6.45, 7) is 1.23. The highest BCUT2D eigenvalue weighted by Crippen LogP contribution is 2.37. The average Bonchev–Trinajstić information content (AvgIpc) is 3.15. The maximum absolute atomic E-state index is 13.9. The van der Waals surface area contributed by atoms with Gasteiger partial charge in [-0.15, -0.1) is 0 Å². The summed E-state index contributed by atoms with van der Waals surface area (Å²) in [7, 11) is 4.04. The SMILES string of the molecule is CN(C)Cc1ccc(N=C(c2cccc(CNC(=O)C3CCC3)c2)C2C(=O)Nc3cc(F)ccc32)cc1. The summed E-state index contributed by atoms with van der Waals surface area (Å²) >= 11 is 0. The van der Waals surface area contributed by atoms with Crippen molar-refractivity contribution < 1.29 is 14.0 Å². The van der Waals surface area contributed by atoms with E-state index in [4.69, 9.17) is 4.99 Å². The van der Waals surface area contributed by atoms with Crippen molar-refractivity contribution in [1.82, 2.24) is 10.2 Å². The van der Waals surface area contributed by atoms with Crippen LogP contribution in [0.4, 0.5) is 15.8 Å². The molecule has 2 amide bonds. The Morgan fingerprint density at radius 2 is 1.84 bits per heavy atom. The number of hydrogen-bond donors (Lipinski definition) is 2. The van der Waals surface area contributed by atoms with E-state index in [0.717, 1.165) is 48.2 Å². The monoisotopic (exact) mass is 498 g/mol. The Balaban J connectivity index is 1.50. The summed E-state index contributed by atoms with van der Waals surface area (Å²) in [5.41, 5.74) is 5.34. The van der Waals surface area contributed by atoms with Crippen molar-refractivity contribution in [3.8, 4) is 0 Å². The van der Waals surface area contributed by atoms with Crippen LogP contribution in [-0.4, -0.2) is 36.5 Å². The molecule has 3 aromatic carbocycles. The van der Waals surface area contributed by atoms with Crippen LogP contribution < -0.4 is 10.6 Å². The molecule has 1 unspecified atom stereocenters. The largest absolute Gasteiger partial charge is 0.352 e. The van der Waals surface area contributed by atoms with Crippen molar-refractivity contribution in [1.29, 1.82) is 0 Å². The number of rotatable bonds is 8. The smallest absolute Gasteiger partial charge is 0.238 e. The third-order valence-electron chi connectivity index (χ3n) is 6.97. The van der Waals surface area contributed by atoms with E-state index in [1.54, 1.807) is 6.07 Å². The maximum Gasteiger partial charge on any atom is 0.238 e. The minimum Gasteiger partial charge on any atom is -0.352 e. The lowest BCUT2D eigenvalue weighted by Crippen LogP contribution is -2.34. The van der Waals surface area contributed by atoms with Gasteiger partial charge in [0.2, 0.25) is 11.8 Å². The fourth-order valence-electron chi connectivity index (χ4n) is 4.83. The minimum absolute atomic E-state index is 0.0921. The second-order valence-corrected chi connectivity index (χ2v) is 10.1. The number of hydrogen-bond acceptors (Lipinski definition) is 4. The van der Waals surface area contributed by atoms with E-state index in [0.29, 0.717) is 23.5 Å². The summed E-state index contributed by atoms with van der Waals surface area (Å²) < 4.78 is 13.9. The van der Waals surface area contributed by atoms with Gasteiger partial charge in [0.15, 0.2) is 0 Å². The third-order valence-corrected chi connectivity index (χ3v) is 6.97. The molecule has 0 bridgehead atoms. The molecule has 7 heteroatoms. The van der Waals surface area contributed by atoms with Crippen LogP contribution in [0.15, 0.2) is 71.7 Å². The van der Waals surface area contributed by atoms with Gasteiger partial charge in [-0.25, -0.2) is 4.39 Å². The normalized spacial score (nSPS) is 17.4. The van der Waals surface area contributed by atoms with Crippen LogP contribution in [0, 0.1) is 11.7 Å². The van der Waals surface area contributed by atoms with Gasteiger partial charge in [0, 0.05) is 24.7 Å². The number of carbonyl (C=O) groups excluding carboxylic acids is 2. The number of aliphatic imine (C=N–C) groups is 1. The number of carbonyl (C=O) groups is 2. The molecule has 1 fully saturated rings. The lowest BCUT2D eigenvalue weighted by atomic mass is 9.85. The first-order chi connectivity index (χ1) is 17.9. The van der Waals surface area contributed by atoms with Crippen molar-refractivity contribution in [2.45, 2.75) is 38.3 Å². The molecule has 1 heterocycles. The van der Waals surface area contributed by atoms with Crippen LogP contribution in [-0.2, 0) is 22.7 Å². The van der Waals surface area contributed by atoms with E-state index in [9.17, 15) is 14.0 Å². The molecule has 3 aromatic rings. The van der Waals surface area contributed by atoms with E-state index in [1.165, 1.54) is 12.1 Å². The molecule has 0 radical (unpaired) electrons. The lowest BCUT2D eigenvalue weighted by Gasteiger charge is -2.24. The molecular weight excluding hydrogens is 467 g/mol. The van der Waals surface area contributed by atoms with Gasteiger partial charge in [-0.1, -0.05) is 42.8 Å². The lowest BCUT2D eigenvalue weighted by molar-refractivity contribution is -0.127. The first-order valence-electron chi connectivity index (χ1n) is 12.7. The zero-order chi connectivity index (χ0) is 25.9. The summed E-state index contributed by atoms with van der Waals surface area (Å²) in [4.78, 5) is 32.6. The molecule has 37 heavy (non-hydrogen) atoms. The molecule has 0 saturated heterocycles. The van der Waals surface area contributed by atoms with Crippen LogP contribution in [0.1, 0.15) is 47.4 Å². The van der Waals surface area contributed by atoms with Crippen molar-refractivity contribution in [2.24, 2.45) is 10.9 Å². The molecule has 2 N–H and O–H groups in total. The van der Waals surface area contributed by atoms with E-state index < -0.39 is 11.7 Å². The minimum atomic E-state index is -0.683. The van der Waals surface area contributed by atoms with Crippen LogP contribution in [0.25, 0.3) is 0 Å². The second-order valence-electron chi connectivity index (χ2n) is 10.1. The van der Waals surface area contributed by atoms with Crippen molar-refractivity contribution in [3.63, 3.8) is 0 Å². The van der Waals surface area contributed by atoms with Gasteiger partial charge in [-0.05, 0) is 79.5 Å². The van der Waals surface area contributed by atoms with Gasteiger partial charge in [0.25, 0.3) is 0 Å². The molecule has 0 aromatic heterocycles. The molecule has 2 aliphatic rings. The van der Waals surface area contributed by atoms with Gasteiger partial charge in [-0.3, -0.25) is 14.6 Å². The van der Waals surface area contributed by atoms with E-state index >= 15 is 0 Å². The first kappa shape index (κ1) is 24.8. The molecule has 1 aliphatic carbocycles. The molecule has 1 atom stereocenters. The fourth-order valence-corrected chi connectivity index (χ4v) is 4.83. The molecule has 5 rings (SSSR count). The number of anilines is 1. The molecular formula is C30H31FN4O2. The highest BCUT2D eigenvalue weighted by molar-refractivity contribution is 6.24. The average molecular weight is 499 g/mol. The number of benzene rings is 3. The van der Waals surface area contributed by atoms with Gasteiger partial charge in [-0.2, -0.15) is 0 Å². The molecule has 1 aliphatic heterocycles. The van der Waals surface area contributed by atoms with Gasteiger partial charge in [0.1, 0.15) is 11.7 Å². The van der Waals surface area contributed by atoms with Crippen molar-refractivity contribution in [2.75, 3.05) is 19.4 Å². The highest BCUT2D eigenvalue weighted by Gasteiger charge is 2.35. The predicted octanol–water partition coefficient (Wildman–Crippen LogP) is 5.16. The third kappa shape index (κ3) is 5.62. The Morgan fingerprint density at radius 3 is 2.54 bits per heavy atom. The van der Waals surface area contributed by atoms with Gasteiger partial charge >= 0.3 is 0 Å². The van der Waals surface area contributed by atoms with Crippen molar-refractivity contribution >= 4 is 28.9 Å². The zero-order valence-corrected chi connectivity index (χ0v) is 21.1. The zero-order valence-electron chi connectivity index (χ0n) is 21.1. The Labute approximate surface area is 216 Å². The highest BCUT2D eigenvalue weighted by atomic mass is 19.1. The number of halogens is 1. The summed E-state index contributed by atoms with van der Waals surface area (Å²) in [6, 6.07) is 20.1. The second kappa shape index (κ2) is 10.6. The summed E-state index contributed by atoms with van der Waals surface area (Å²) in [5.74, 6) is -1.12. The molecule has 6 nitrogen and oxygen atoms in total. The number of fused-ring (bicyclic) bond motifs is 1. The van der Waals surface area contributed by atoms with Crippen LogP contribution in [0.5, 0.6) is 0 Å². The molecule has 190 valence electrons. The Morgan fingerprint density at radius 1 is 1.05 bits per heavy atom. The van der Waals surface area contributed by atoms with Crippen LogP contribution in [0.3, 0.4) is 0 Å². The summed E-state index contributed by atoms with van der Waals surface area (Å²) in [5, 5.41) is 5.85. The Hall–Kier alpha value is -3.84. The van der Waals surface area contributed by atoms with Crippen LogP contribution in [0.2, 0.25) is 0 Å². The summed E-state index contributed by atoms with van der Waals surface area (Å²) in [6.07, 6.45) is 3.01. The van der Waals surface area contributed by atoms with Crippen LogP contribution >= 0.6 is 0 Å². The quantitative estimate of drug-likeness (QED) is 0.422. The number of nitrogens with one attached hydrogen (secondary N) is 2. The fraction of sp³-hybridized carbons (Fsp3) is 0.300. The van der Waals surface area contributed by atoms with Crippen molar-refractivity contribution in [3.05, 3.63) is 94.8 Å². The predicted molar refractivity (Wildman–Crippen MR) is 143 cm³/mol. The standard InChI is InChI=1S/C30H31FN4O2/c1-35(2)18-19-9-12-24(13-10-19)33-28(27-25-14-11-23(31)16-26(25)34-30(27)37)22-8-3-5-20(15-22)17-32-29(36)21-6-4-7-21/h3,5,8-16,21,27H,4,6-7,17-18H2,1-2H3,(H,32,36)(H,34,37). The Bertz CT molecular complexity index is 1350. The van der Waals surface area contributed by atoms with E-state index in [-0.39, 0.29) is 17.7 Å². The number of amides is 2. The van der Waals surface area contributed by atoms with Gasteiger partial charge < -0.3 is 15.5 Å². The topological polar surface area (TPSA) is 73.8 Å². The van der Waals surface area contributed by atoms with E-state index in [1.807, 2.05) is 62.6 Å². The van der Waals surface area contributed by atoms with E-state index in [2.05, 4.69) is 15.5 Å². The van der Waals surface area contributed by atoms with Gasteiger partial charge in [0.05, 0.1) is 11.4 Å². The first-order valence-corrected chi connectivity index (χ1v) is 12.7. The Kier molecular flexibility index (Phi) is 7.15.